The third-order valence-corrected chi connectivity index (χ3v) is 7.58. The number of rotatable bonds is 9. The summed E-state index contributed by atoms with van der Waals surface area (Å²) in [5.74, 6) is 0. The summed E-state index contributed by atoms with van der Waals surface area (Å²) in [7, 11) is -16.9. The number of hydrogen-bond acceptors (Lipinski definition) is 11. The third-order valence-electron chi connectivity index (χ3n) is 3.77. The lowest BCUT2D eigenvalue weighted by molar-refractivity contribution is -0.0810. The first-order valence-electron chi connectivity index (χ1n) is 7.79. The number of nitrogens with zero attached hydrogens (tertiary/aromatic N) is 1. The second-order valence-corrected chi connectivity index (χ2v) is 10.4. The molecule has 7 N–H and O–H groups in total. The molecule has 1 saturated heterocycles. The summed E-state index contributed by atoms with van der Waals surface area (Å²) in [4.78, 5) is 60.6. The van der Waals surface area contributed by atoms with E-state index in [1.54, 1.807) is 0 Å². The fraction of sp³-hybridized carbons (Fsp3) is 0.455. The molecule has 20 heteroatoms. The Bertz CT molecular complexity index is 1090. The lowest BCUT2D eigenvalue weighted by Gasteiger charge is -2.28. The Morgan fingerprint density at radius 3 is 2.32 bits per heavy atom. The predicted octanol–water partition coefficient (Wildman–Crippen LogP) is -1.94. The van der Waals surface area contributed by atoms with Crippen LogP contribution in [-0.2, 0) is 31.6 Å². The predicted molar refractivity (Wildman–Crippen MR) is 96.2 cm³/mol. The highest BCUT2D eigenvalue weighted by Gasteiger charge is 2.55. The van der Waals surface area contributed by atoms with Gasteiger partial charge in [-0.05, 0) is 0 Å². The Labute approximate surface area is 171 Å². The molecule has 2 rings (SSSR count). The minimum Gasteiger partial charge on any atom is -0.387 e. The van der Waals surface area contributed by atoms with Gasteiger partial charge in [-0.3, -0.25) is 18.9 Å². The second-order valence-electron chi connectivity index (χ2n) is 5.97. The van der Waals surface area contributed by atoms with Crippen molar-refractivity contribution in [3.63, 3.8) is 0 Å². The van der Waals surface area contributed by atoms with Crippen molar-refractivity contribution in [2.45, 2.75) is 24.0 Å². The van der Waals surface area contributed by atoms with E-state index in [1.165, 1.54) is 0 Å². The number of hydrogen-bond donors (Lipinski definition) is 7. The highest BCUT2D eigenvalue weighted by molar-refractivity contribution is 7.66. The molecule has 1 aliphatic heterocycles. The number of phosphoric acid groups is 3. The summed E-state index contributed by atoms with van der Waals surface area (Å²) >= 11 is 0. The molecule has 0 radical (unpaired) electrons. The van der Waals surface area contributed by atoms with Gasteiger partial charge < -0.3 is 34.5 Å². The van der Waals surface area contributed by atoms with Gasteiger partial charge in [-0.1, -0.05) is 12.7 Å². The third kappa shape index (κ3) is 6.37. The molecule has 0 aromatic carbocycles. The van der Waals surface area contributed by atoms with E-state index in [-0.39, 0.29) is 0 Å². The van der Waals surface area contributed by atoms with Crippen LogP contribution in [0.3, 0.4) is 0 Å². The normalized spacial score (nSPS) is 30.5. The van der Waals surface area contributed by atoms with E-state index in [2.05, 4.69) is 19.7 Å². The van der Waals surface area contributed by atoms with Gasteiger partial charge in [0.05, 0.1) is 6.61 Å². The van der Waals surface area contributed by atoms with Crippen LogP contribution in [0.4, 0.5) is 0 Å². The summed E-state index contributed by atoms with van der Waals surface area (Å²) in [5.41, 5.74) is -4.18. The fourth-order valence-corrected chi connectivity index (χ4v) is 5.55. The van der Waals surface area contributed by atoms with Crippen molar-refractivity contribution in [1.82, 2.24) is 9.55 Å². The van der Waals surface area contributed by atoms with Gasteiger partial charge in [0.2, 0.25) is 0 Å². The van der Waals surface area contributed by atoms with Gasteiger partial charge >= 0.3 is 29.2 Å². The molecule has 0 saturated carbocycles. The SMILES string of the molecule is C=CC1(O)C(O)C(COP(=O)(O)OP(=O)(O)OP(=O)(O)O)OC1n1ccc(=O)[nH]c1=O. The zero-order valence-corrected chi connectivity index (χ0v) is 17.7. The van der Waals surface area contributed by atoms with Crippen molar-refractivity contribution >= 4 is 23.5 Å². The van der Waals surface area contributed by atoms with Crippen molar-refractivity contribution in [3.8, 4) is 0 Å². The quantitative estimate of drug-likeness (QED) is 0.141. The molecule has 6 atom stereocenters. The fourth-order valence-electron chi connectivity index (χ4n) is 2.52. The van der Waals surface area contributed by atoms with Gasteiger partial charge in [0, 0.05) is 12.3 Å². The monoisotopic (exact) mass is 510 g/mol. The van der Waals surface area contributed by atoms with E-state index in [9.17, 15) is 38.4 Å². The number of aliphatic hydroxyl groups excluding tert-OH is 1. The molecular weight excluding hydrogens is 493 g/mol. The first-order chi connectivity index (χ1) is 14.0. The van der Waals surface area contributed by atoms with Gasteiger partial charge in [-0.15, -0.1) is 0 Å². The average Bonchev–Trinajstić information content (AvgIpc) is 2.82. The molecule has 1 aromatic rings. The number of nitrogens with one attached hydrogen (secondary N) is 1. The summed E-state index contributed by atoms with van der Waals surface area (Å²) in [6.45, 7) is 2.20. The minimum absolute atomic E-state index is 0.678. The van der Waals surface area contributed by atoms with Gasteiger partial charge in [0.25, 0.3) is 5.56 Å². The standard InChI is InChI=1S/C11H17N2O15P3/c1-2-11(17)8(15)6(26-9(11)13-4-3-7(14)12-10(13)16)5-25-30(21,22)28-31(23,24)27-29(18,19)20/h2-4,6,8-9,15,17H,1,5H2,(H,21,22)(H,23,24)(H,12,14,16)(H2,18,19,20). The maximum atomic E-state index is 12.0. The molecule has 1 fully saturated rings. The maximum absolute atomic E-state index is 12.0. The number of ether oxygens (including phenoxy) is 1. The van der Waals surface area contributed by atoms with Crippen molar-refractivity contribution in [1.29, 1.82) is 0 Å². The Morgan fingerprint density at radius 1 is 1.19 bits per heavy atom. The van der Waals surface area contributed by atoms with Crippen LogP contribution in [0.1, 0.15) is 6.23 Å². The summed E-state index contributed by atoms with van der Waals surface area (Å²) in [6, 6.07) is 0.903. The van der Waals surface area contributed by atoms with Crippen molar-refractivity contribution in [3.05, 3.63) is 45.8 Å². The summed E-state index contributed by atoms with van der Waals surface area (Å²) in [5, 5.41) is 20.9. The molecular formula is C11H17N2O15P3. The van der Waals surface area contributed by atoms with E-state index in [1.807, 2.05) is 4.98 Å². The molecule has 31 heavy (non-hydrogen) atoms. The minimum atomic E-state index is -5.76. The highest BCUT2D eigenvalue weighted by atomic mass is 31.3. The summed E-state index contributed by atoms with van der Waals surface area (Å²) in [6.07, 6.45) is -3.58. The van der Waals surface area contributed by atoms with Gasteiger partial charge in [-0.25, -0.2) is 18.5 Å². The van der Waals surface area contributed by atoms with Gasteiger partial charge in [0.15, 0.2) is 11.8 Å². The van der Waals surface area contributed by atoms with E-state index < -0.39 is 65.4 Å². The smallest absolute Gasteiger partial charge is 0.387 e. The largest absolute Gasteiger partial charge is 0.490 e. The first kappa shape index (κ1) is 26.0. The lowest BCUT2D eigenvalue weighted by Crippen LogP contribution is -2.47. The number of aliphatic hydroxyl groups is 2. The van der Waals surface area contributed by atoms with Gasteiger partial charge in [0.1, 0.15) is 12.2 Å². The van der Waals surface area contributed by atoms with Crippen LogP contribution in [0.15, 0.2) is 34.5 Å². The van der Waals surface area contributed by atoms with Crippen LogP contribution in [0.25, 0.3) is 0 Å². The molecule has 0 bridgehead atoms. The molecule has 176 valence electrons. The molecule has 1 aromatic heterocycles. The summed E-state index contributed by atoms with van der Waals surface area (Å²) < 4.78 is 51.0. The van der Waals surface area contributed by atoms with E-state index in [0.29, 0.717) is 4.57 Å². The van der Waals surface area contributed by atoms with Crippen LogP contribution in [0.2, 0.25) is 0 Å². The molecule has 0 aliphatic carbocycles. The highest BCUT2D eigenvalue weighted by Crippen LogP contribution is 2.66. The number of aromatic amines is 1. The molecule has 6 unspecified atom stereocenters. The van der Waals surface area contributed by atoms with Crippen LogP contribution in [-0.4, -0.2) is 63.8 Å². The molecule has 1 aliphatic rings. The number of phosphoric ester groups is 1. The van der Waals surface area contributed by atoms with Crippen LogP contribution < -0.4 is 11.2 Å². The zero-order chi connectivity index (χ0) is 23.8. The lowest BCUT2D eigenvalue weighted by atomic mass is 9.94. The number of aromatic nitrogens is 2. The van der Waals surface area contributed by atoms with Crippen molar-refractivity contribution < 1.29 is 61.4 Å². The van der Waals surface area contributed by atoms with E-state index in [4.69, 9.17) is 19.4 Å². The average molecular weight is 510 g/mol. The Balaban J connectivity index is 2.19. The van der Waals surface area contributed by atoms with Crippen LogP contribution >= 0.6 is 23.5 Å². The van der Waals surface area contributed by atoms with Crippen LogP contribution in [0.5, 0.6) is 0 Å². The molecule has 0 spiro atoms. The molecule has 2 heterocycles. The van der Waals surface area contributed by atoms with Crippen molar-refractivity contribution in [2.75, 3.05) is 6.61 Å². The van der Waals surface area contributed by atoms with E-state index >= 15 is 0 Å². The number of H-pyrrole nitrogens is 1. The topological polar surface area (TPSA) is 264 Å². The Morgan fingerprint density at radius 2 is 1.81 bits per heavy atom. The van der Waals surface area contributed by atoms with E-state index in [0.717, 1.165) is 18.3 Å². The van der Waals surface area contributed by atoms with Crippen LogP contribution in [0, 0.1) is 0 Å². The molecule has 0 amide bonds. The van der Waals surface area contributed by atoms with Gasteiger partial charge in [-0.2, -0.15) is 8.62 Å². The molecule has 17 nitrogen and oxygen atoms in total. The second kappa shape index (κ2) is 8.92. The maximum Gasteiger partial charge on any atom is 0.490 e. The zero-order valence-electron chi connectivity index (χ0n) is 15.0. The Hall–Kier alpha value is -1.29. The Kier molecular flexibility index (Phi) is 7.47. The first-order valence-corrected chi connectivity index (χ1v) is 12.3. The van der Waals surface area contributed by atoms with Crippen molar-refractivity contribution in [2.24, 2.45) is 0 Å².